The topological polar surface area (TPSA) is 66.6 Å². The van der Waals surface area contributed by atoms with Crippen molar-refractivity contribution < 1.29 is 14.4 Å². The number of carbonyl (C=O) groups is 1. The van der Waals surface area contributed by atoms with Gasteiger partial charge in [0.25, 0.3) is 5.91 Å². The molecule has 0 aliphatic rings. The van der Waals surface area contributed by atoms with Crippen molar-refractivity contribution in [3.63, 3.8) is 0 Å². The molecule has 2 aromatic carbocycles. The lowest BCUT2D eigenvalue weighted by Gasteiger charge is -2.26. The summed E-state index contributed by atoms with van der Waals surface area (Å²) in [5, 5.41) is 14.5. The van der Waals surface area contributed by atoms with Crippen molar-refractivity contribution in [3.8, 4) is 0 Å². The van der Waals surface area contributed by atoms with Gasteiger partial charge in [0.1, 0.15) is 5.76 Å². The maximum absolute atomic E-state index is 13.1. The highest BCUT2D eigenvalue weighted by molar-refractivity contribution is 5.97. The number of aromatic nitrogens is 1. The first-order valence-corrected chi connectivity index (χ1v) is 8.99. The van der Waals surface area contributed by atoms with Crippen molar-refractivity contribution in [2.24, 2.45) is 0 Å². The Morgan fingerprint density at radius 3 is 2.44 bits per heavy atom. The van der Waals surface area contributed by atoms with Crippen LogP contribution in [0.15, 0.2) is 59.1 Å². The Morgan fingerprint density at radius 1 is 1.07 bits per heavy atom. The van der Waals surface area contributed by atoms with E-state index in [-0.39, 0.29) is 5.91 Å². The Kier molecular flexibility index (Phi) is 5.72. The zero-order valence-corrected chi connectivity index (χ0v) is 15.8. The summed E-state index contributed by atoms with van der Waals surface area (Å²) in [6.45, 7) is 6.29. The van der Waals surface area contributed by atoms with Crippen molar-refractivity contribution in [2.75, 3.05) is 11.4 Å². The van der Waals surface area contributed by atoms with Crippen LogP contribution in [0, 0.1) is 20.8 Å². The van der Waals surface area contributed by atoms with E-state index in [2.05, 4.69) is 5.16 Å². The molecule has 0 aliphatic heterocycles. The van der Waals surface area contributed by atoms with Crippen LogP contribution in [-0.2, 0) is 11.2 Å². The van der Waals surface area contributed by atoms with Crippen molar-refractivity contribution in [3.05, 3.63) is 82.7 Å². The average molecular weight is 364 g/mol. The van der Waals surface area contributed by atoms with E-state index in [0.29, 0.717) is 24.3 Å². The van der Waals surface area contributed by atoms with Gasteiger partial charge in [-0.3, -0.25) is 4.79 Å². The highest BCUT2D eigenvalue weighted by atomic mass is 16.5. The maximum Gasteiger partial charge on any atom is 0.260 e. The normalized spacial score (nSPS) is 12.0. The Hall–Kier alpha value is -2.92. The number of aliphatic hydroxyl groups excluding tert-OH is 1. The first-order chi connectivity index (χ1) is 13.0. The van der Waals surface area contributed by atoms with Gasteiger partial charge in [0.15, 0.2) is 6.10 Å². The van der Waals surface area contributed by atoms with Crippen molar-refractivity contribution in [2.45, 2.75) is 33.3 Å². The molecule has 0 aliphatic carbocycles. The monoisotopic (exact) mass is 364 g/mol. The highest BCUT2D eigenvalue weighted by Gasteiger charge is 2.25. The van der Waals surface area contributed by atoms with Gasteiger partial charge in [0.05, 0.1) is 5.69 Å². The molecule has 5 nitrogen and oxygen atoms in total. The molecule has 27 heavy (non-hydrogen) atoms. The maximum atomic E-state index is 13.1. The number of hydrogen-bond donors (Lipinski definition) is 1. The molecule has 1 amide bonds. The summed E-state index contributed by atoms with van der Waals surface area (Å²) >= 11 is 0. The Bertz CT molecular complexity index is 918. The molecule has 1 heterocycles. The number of carbonyl (C=O) groups excluding carboxylic acids is 1. The van der Waals surface area contributed by atoms with Gasteiger partial charge in [-0.15, -0.1) is 0 Å². The number of nitrogens with zero attached hydrogens (tertiary/aromatic N) is 2. The fourth-order valence-electron chi connectivity index (χ4n) is 2.94. The minimum Gasteiger partial charge on any atom is -0.378 e. The van der Waals surface area contributed by atoms with Crippen LogP contribution in [0.1, 0.15) is 34.2 Å². The Morgan fingerprint density at radius 2 is 1.81 bits per heavy atom. The molecule has 0 spiro atoms. The van der Waals surface area contributed by atoms with E-state index in [1.54, 1.807) is 17.0 Å². The summed E-state index contributed by atoms with van der Waals surface area (Å²) in [6.07, 6.45) is -0.703. The van der Waals surface area contributed by atoms with E-state index in [9.17, 15) is 9.90 Å². The zero-order valence-electron chi connectivity index (χ0n) is 15.8. The molecule has 0 saturated carbocycles. The van der Waals surface area contributed by atoms with Gasteiger partial charge < -0.3 is 14.5 Å². The second kappa shape index (κ2) is 8.18. The van der Waals surface area contributed by atoms with Crippen molar-refractivity contribution in [1.82, 2.24) is 5.16 Å². The summed E-state index contributed by atoms with van der Waals surface area (Å²) in [5.41, 5.74) is 4.38. The smallest absolute Gasteiger partial charge is 0.260 e. The van der Waals surface area contributed by atoms with Crippen LogP contribution in [0.5, 0.6) is 0 Å². The lowest BCUT2D eigenvalue weighted by atomic mass is 10.1. The molecule has 0 radical (unpaired) electrons. The number of benzene rings is 2. The predicted octanol–water partition coefficient (Wildman–Crippen LogP) is 3.91. The lowest BCUT2D eigenvalue weighted by Crippen LogP contribution is -2.37. The number of aryl methyl sites for hydroxylation is 3. The zero-order chi connectivity index (χ0) is 19.4. The van der Waals surface area contributed by atoms with Crippen LogP contribution in [0.25, 0.3) is 0 Å². The number of rotatable bonds is 6. The molecule has 3 rings (SSSR count). The van der Waals surface area contributed by atoms with Crippen LogP contribution < -0.4 is 4.90 Å². The molecule has 140 valence electrons. The van der Waals surface area contributed by atoms with Crippen LogP contribution in [-0.4, -0.2) is 22.7 Å². The van der Waals surface area contributed by atoms with Gasteiger partial charge in [-0.05, 0) is 49.6 Å². The fraction of sp³-hybridized carbons (Fsp3) is 0.273. The Labute approximate surface area is 159 Å². The second-order valence-corrected chi connectivity index (χ2v) is 6.76. The van der Waals surface area contributed by atoms with Gasteiger partial charge in [-0.2, -0.15) is 0 Å². The first-order valence-electron chi connectivity index (χ1n) is 8.99. The van der Waals surface area contributed by atoms with Crippen LogP contribution >= 0.6 is 0 Å². The fourth-order valence-corrected chi connectivity index (χ4v) is 2.94. The molecule has 0 saturated heterocycles. The molecule has 3 aromatic rings. The molecule has 1 N–H and O–H groups in total. The molecule has 0 bridgehead atoms. The largest absolute Gasteiger partial charge is 0.378 e. The molecular formula is C22H24N2O3. The Balaban J connectivity index is 1.88. The molecule has 1 atom stereocenters. The number of anilines is 1. The van der Waals surface area contributed by atoms with Gasteiger partial charge in [0, 0.05) is 24.7 Å². The van der Waals surface area contributed by atoms with Gasteiger partial charge in [-0.25, -0.2) is 0 Å². The third kappa shape index (κ3) is 4.44. The summed E-state index contributed by atoms with van der Waals surface area (Å²) in [6, 6.07) is 16.7. The predicted molar refractivity (Wildman–Crippen MR) is 105 cm³/mol. The van der Waals surface area contributed by atoms with Crippen LogP contribution in [0.2, 0.25) is 0 Å². The van der Waals surface area contributed by atoms with Crippen molar-refractivity contribution >= 4 is 11.6 Å². The van der Waals surface area contributed by atoms with Gasteiger partial charge in [0.2, 0.25) is 0 Å². The third-order valence-corrected chi connectivity index (χ3v) is 4.68. The van der Waals surface area contributed by atoms with Crippen LogP contribution in [0.3, 0.4) is 0 Å². The molecular weight excluding hydrogens is 340 g/mol. The van der Waals surface area contributed by atoms with E-state index in [1.165, 1.54) is 0 Å². The minimum atomic E-state index is -1.22. The number of aliphatic hydroxyl groups is 1. The summed E-state index contributed by atoms with van der Waals surface area (Å²) in [4.78, 5) is 14.7. The summed E-state index contributed by atoms with van der Waals surface area (Å²) < 4.78 is 5.27. The van der Waals surface area contributed by atoms with Crippen molar-refractivity contribution in [1.29, 1.82) is 0 Å². The van der Waals surface area contributed by atoms with E-state index < -0.39 is 6.10 Å². The average Bonchev–Trinajstić information content (AvgIpc) is 3.09. The summed E-state index contributed by atoms with van der Waals surface area (Å²) in [5.74, 6) is 0.351. The highest BCUT2D eigenvalue weighted by Crippen LogP contribution is 2.24. The standard InChI is InChI=1S/C22H24N2O3/c1-15-9-10-19(13-16(15)2)24(12-11-20-14-17(3)23-27-20)22(26)21(25)18-7-5-4-6-8-18/h4-10,13-14,21,25H,11-12H2,1-3H3. The van der Waals surface area contributed by atoms with E-state index in [1.807, 2.05) is 63.2 Å². The van der Waals surface area contributed by atoms with E-state index >= 15 is 0 Å². The van der Waals surface area contributed by atoms with Crippen LogP contribution in [0.4, 0.5) is 5.69 Å². The molecule has 0 fully saturated rings. The second-order valence-electron chi connectivity index (χ2n) is 6.76. The number of hydrogen-bond acceptors (Lipinski definition) is 4. The summed E-state index contributed by atoms with van der Waals surface area (Å²) in [7, 11) is 0. The quantitative estimate of drug-likeness (QED) is 0.720. The van der Waals surface area contributed by atoms with Gasteiger partial charge >= 0.3 is 0 Å². The molecule has 5 heteroatoms. The van der Waals surface area contributed by atoms with E-state index in [4.69, 9.17) is 4.52 Å². The minimum absolute atomic E-state index is 0.360. The van der Waals surface area contributed by atoms with Gasteiger partial charge in [-0.1, -0.05) is 41.6 Å². The third-order valence-electron chi connectivity index (χ3n) is 4.68. The lowest BCUT2D eigenvalue weighted by molar-refractivity contribution is -0.126. The first kappa shape index (κ1) is 18.9. The van der Waals surface area contributed by atoms with E-state index in [0.717, 1.165) is 22.5 Å². The molecule has 1 unspecified atom stereocenters. The SMILES string of the molecule is Cc1cc(CCN(C(=O)C(O)c2ccccc2)c2ccc(C)c(C)c2)on1. The number of amides is 1. The molecule has 1 aromatic heterocycles.